The predicted octanol–water partition coefficient (Wildman–Crippen LogP) is 5.59. The molecule has 1 heteroatoms. The summed E-state index contributed by atoms with van der Waals surface area (Å²) in [4.78, 5) is 0. The standard InChI is InChI=1S/C27H22N/c1-3-11-19(12-4-1)24-25(20-13-5-2-6-14-20)27-22-16-8-7-15-21(22)26(24)23-17-9-10-18-28(23)27/h1-18,24-27H/q+1/t24-,25-,26+,27-/m0/s1. The van der Waals surface area contributed by atoms with Crippen LogP contribution in [-0.2, 0) is 0 Å². The van der Waals surface area contributed by atoms with E-state index in [2.05, 4.69) is 114 Å². The van der Waals surface area contributed by atoms with E-state index in [-0.39, 0.29) is 0 Å². The molecule has 2 aliphatic heterocycles. The highest BCUT2D eigenvalue weighted by atomic mass is 15.0. The Labute approximate surface area is 165 Å². The molecule has 3 heterocycles. The van der Waals surface area contributed by atoms with E-state index in [1.54, 1.807) is 0 Å². The van der Waals surface area contributed by atoms with Gasteiger partial charge in [0.15, 0.2) is 17.9 Å². The lowest BCUT2D eigenvalue weighted by Gasteiger charge is -2.46. The molecular formula is C27H22N+. The van der Waals surface area contributed by atoms with E-state index in [9.17, 15) is 0 Å². The summed E-state index contributed by atoms with van der Waals surface area (Å²) >= 11 is 0. The molecule has 4 aromatic rings. The molecule has 28 heavy (non-hydrogen) atoms. The summed E-state index contributed by atoms with van der Waals surface area (Å²) in [6.45, 7) is 0. The van der Waals surface area contributed by atoms with Gasteiger partial charge in [-0.1, -0.05) is 91.0 Å². The quantitative estimate of drug-likeness (QED) is 0.410. The SMILES string of the molecule is c1ccc([C@@H]2[C@@H]3c4ccccc4[C@@H]([C@H]2c2ccccc2)[n+]2ccccc23)cc1. The van der Waals surface area contributed by atoms with Gasteiger partial charge in [0.25, 0.3) is 0 Å². The van der Waals surface area contributed by atoms with Crippen LogP contribution in [0.3, 0.4) is 0 Å². The molecule has 0 amide bonds. The van der Waals surface area contributed by atoms with E-state index >= 15 is 0 Å². The Morgan fingerprint density at radius 1 is 0.500 bits per heavy atom. The van der Waals surface area contributed by atoms with Crippen molar-refractivity contribution in [2.24, 2.45) is 0 Å². The van der Waals surface area contributed by atoms with Crippen molar-refractivity contribution in [3.8, 4) is 0 Å². The molecule has 1 aromatic heterocycles. The molecule has 3 aromatic carbocycles. The molecule has 1 aliphatic carbocycles. The number of hydrogen-bond acceptors (Lipinski definition) is 0. The second kappa shape index (κ2) is 6.17. The number of aromatic nitrogens is 1. The van der Waals surface area contributed by atoms with Gasteiger partial charge in [-0.2, -0.15) is 4.57 Å². The van der Waals surface area contributed by atoms with Crippen LogP contribution in [0.5, 0.6) is 0 Å². The highest BCUT2D eigenvalue weighted by Gasteiger charge is 2.56. The van der Waals surface area contributed by atoms with Crippen molar-refractivity contribution in [2.75, 3.05) is 0 Å². The maximum atomic E-state index is 2.53. The number of fused-ring (bicyclic) bond motifs is 1. The van der Waals surface area contributed by atoms with E-state index < -0.39 is 0 Å². The lowest BCUT2D eigenvalue weighted by molar-refractivity contribution is -0.734. The summed E-state index contributed by atoms with van der Waals surface area (Å²) in [5, 5.41) is 0. The summed E-state index contributed by atoms with van der Waals surface area (Å²) in [6, 6.07) is 38.3. The maximum Gasteiger partial charge on any atom is 0.191 e. The fourth-order valence-electron chi connectivity index (χ4n) is 5.65. The smallest absolute Gasteiger partial charge is 0.191 e. The van der Waals surface area contributed by atoms with Crippen molar-refractivity contribution in [3.05, 3.63) is 137 Å². The van der Waals surface area contributed by atoms with Crippen LogP contribution in [0.4, 0.5) is 0 Å². The first-order valence-corrected chi connectivity index (χ1v) is 10.1. The minimum Gasteiger partial charge on any atom is -0.194 e. The third-order valence-corrected chi connectivity index (χ3v) is 6.65. The van der Waals surface area contributed by atoms with Gasteiger partial charge >= 0.3 is 0 Å². The van der Waals surface area contributed by atoms with Crippen molar-refractivity contribution in [1.29, 1.82) is 0 Å². The number of nitrogens with zero attached hydrogens (tertiary/aromatic N) is 1. The molecule has 2 bridgehead atoms. The van der Waals surface area contributed by atoms with Crippen LogP contribution in [0.1, 0.15) is 51.7 Å². The van der Waals surface area contributed by atoms with E-state index in [0.29, 0.717) is 23.8 Å². The first kappa shape index (κ1) is 15.8. The van der Waals surface area contributed by atoms with Gasteiger partial charge in [-0.25, -0.2) is 0 Å². The molecule has 1 nitrogen and oxygen atoms in total. The third-order valence-electron chi connectivity index (χ3n) is 6.65. The second-order valence-corrected chi connectivity index (χ2v) is 7.96. The molecule has 0 saturated heterocycles. The molecule has 7 rings (SSSR count). The minimum absolute atomic E-state index is 0.324. The Kier molecular flexibility index (Phi) is 3.49. The van der Waals surface area contributed by atoms with Gasteiger partial charge < -0.3 is 0 Å². The van der Waals surface area contributed by atoms with Crippen LogP contribution in [0.15, 0.2) is 109 Å². The lowest BCUT2D eigenvalue weighted by Crippen LogP contribution is -2.57. The summed E-state index contributed by atoms with van der Waals surface area (Å²) in [6.07, 6.45) is 2.28. The van der Waals surface area contributed by atoms with Gasteiger partial charge in [-0.15, -0.1) is 0 Å². The molecule has 3 aliphatic rings. The normalized spacial score (nSPS) is 24.4. The number of hydrogen-bond donors (Lipinski definition) is 0. The average molecular weight is 360 g/mol. The van der Waals surface area contributed by atoms with Gasteiger partial charge in [0.05, 0.1) is 11.8 Å². The summed E-state index contributed by atoms with van der Waals surface area (Å²) in [7, 11) is 0. The van der Waals surface area contributed by atoms with Crippen LogP contribution < -0.4 is 4.57 Å². The van der Waals surface area contributed by atoms with Crippen LogP contribution >= 0.6 is 0 Å². The van der Waals surface area contributed by atoms with Gasteiger partial charge in [-0.05, 0) is 16.7 Å². The molecule has 0 radical (unpaired) electrons. The van der Waals surface area contributed by atoms with Gasteiger partial charge in [0.2, 0.25) is 0 Å². The fraction of sp³-hybridized carbons (Fsp3) is 0.148. The molecule has 4 atom stereocenters. The van der Waals surface area contributed by atoms with Gasteiger partial charge in [0, 0.05) is 23.6 Å². The lowest BCUT2D eigenvalue weighted by atomic mass is 9.58. The zero-order chi connectivity index (χ0) is 18.5. The monoisotopic (exact) mass is 360 g/mol. The molecule has 0 unspecified atom stereocenters. The average Bonchev–Trinajstić information content (AvgIpc) is 2.79. The van der Waals surface area contributed by atoms with Crippen molar-refractivity contribution in [2.45, 2.75) is 23.8 Å². The largest absolute Gasteiger partial charge is 0.194 e. The van der Waals surface area contributed by atoms with E-state index in [0.717, 1.165) is 0 Å². The zero-order valence-corrected chi connectivity index (χ0v) is 15.6. The van der Waals surface area contributed by atoms with Crippen molar-refractivity contribution < 1.29 is 4.57 Å². The highest BCUT2D eigenvalue weighted by Crippen LogP contribution is 2.59. The predicted molar refractivity (Wildman–Crippen MR) is 111 cm³/mol. The van der Waals surface area contributed by atoms with Crippen molar-refractivity contribution in [3.63, 3.8) is 0 Å². The van der Waals surface area contributed by atoms with E-state index in [1.807, 2.05) is 0 Å². The Morgan fingerprint density at radius 2 is 1.07 bits per heavy atom. The molecule has 134 valence electrons. The third kappa shape index (κ3) is 2.16. The fourth-order valence-corrected chi connectivity index (χ4v) is 5.65. The topological polar surface area (TPSA) is 3.88 Å². The van der Waals surface area contributed by atoms with E-state index in [1.165, 1.54) is 27.9 Å². The van der Waals surface area contributed by atoms with E-state index in [4.69, 9.17) is 0 Å². The molecular weight excluding hydrogens is 338 g/mol. The second-order valence-electron chi connectivity index (χ2n) is 7.96. The highest BCUT2D eigenvalue weighted by molar-refractivity contribution is 5.50. The number of rotatable bonds is 2. The number of pyridine rings is 1. The Morgan fingerprint density at radius 3 is 1.79 bits per heavy atom. The minimum atomic E-state index is 0.324. The Balaban J connectivity index is 1.68. The maximum absolute atomic E-state index is 2.53. The molecule has 0 saturated carbocycles. The van der Waals surface area contributed by atoms with Crippen molar-refractivity contribution in [1.82, 2.24) is 0 Å². The Bertz CT molecular complexity index is 994. The molecule has 0 spiro atoms. The first-order chi connectivity index (χ1) is 13.9. The summed E-state index contributed by atoms with van der Waals surface area (Å²) in [5.74, 6) is 1.23. The van der Waals surface area contributed by atoms with Gasteiger partial charge in [0.1, 0.15) is 0 Å². The van der Waals surface area contributed by atoms with Crippen LogP contribution in [-0.4, -0.2) is 0 Å². The van der Waals surface area contributed by atoms with Crippen LogP contribution in [0.2, 0.25) is 0 Å². The summed E-state index contributed by atoms with van der Waals surface area (Å²) in [5.41, 5.74) is 7.29. The first-order valence-electron chi connectivity index (χ1n) is 10.1. The number of benzene rings is 3. The van der Waals surface area contributed by atoms with Crippen LogP contribution in [0, 0.1) is 0 Å². The van der Waals surface area contributed by atoms with Crippen LogP contribution in [0.25, 0.3) is 0 Å². The molecule has 0 N–H and O–H groups in total. The Hall–Kier alpha value is -3.19. The summed E-state index contributed by atoms with van der Waals surface area (Å²) < 4.78 is 2.53. The zero-order valence-electron chi connectivity index (χ0n) is 15.6. The van der Waals surface area contributed by atoms with Crippen molar-refractivity contribution >= 4 is 0 Å². The molecule has 0 fully saturated rings. The van der Waals surface area contributed by atoms with Gasteiger partial charge in [-0.3, -0.25) is 0 Å².